The van der Waals surface area contributed by atoms with Crippen LogP contribution in [0.3, 0.4) is 0 Å². The van der Waals surface area contributed by atoms with Gasteiger partial charge in [0.25, 0.3) is 0 Å². The molecule has 1 aliphatic rings. The van der Waals surface area contributed by atoms with Crippen LogP contribution in [-0.2, 0) is 4.74 Å². The zero-order valence-corrected chi connectivity index (χ0v) is 8.04. The summed E-state index contributed by atoms with van der Waals surface area (Å²) in [5, 5.41) is 0. The molecular weight excluding hydrogens is 164 g/mol. The van der Waals surface area contributed by atoms with Gasteiger partial charge in [0, 0.05) is 0 Å². The van der Waals surface area contributed by atoms with Crippen LogP contribution in [0.15, 0.2) is 18.2 Å². The lowest BCUT2D eigenvalue weighted by Crippen LogP contribution is -2.38. The molecule has 1 aromatic carbocycles. The fraction of sp³-hybridized carbons (Fsp3) is 0.455. The number of ether oxygens (including phenoxy) is 2. The second kappa shape index (κ2) is 3.38. The van der Waals surface area contributed by atoms with Gasteiger partial charge >= 0.3 is 0 Å². The first-order valence-electron chi connectivity index (χ1n) is 4.57. The lowest BCUT2D eigenvalue weighted by molar-refractivity contribution is -0.0797. The van der Waals surface area contributed by atoms with E-state index in [2.05, 4.69) is 32.0 Å². The fourth-order valence-electron chi connectivity index (χ4n) is 1.48. The van der Waals surface area contributed by atoms with E-state index in [1.165, 1.54) is 11.1 Å². The summed E-state index contributed by atoms with van der Waals surface area (Å²) in [6.45, 7) is 5.62. The Kier molecular flexibility index (Phi) is 2.23. The van der Waals surface area contributed by atoms with E-state index >= 15 is 0 Å². The average Bonchev–Trinajstić information content (AvgIpc) is 1.95. The summed E-state index contributed by atoms with van der Waals surface area (Å²) in [6.07, 6.45) is 0.265. The van der Waals surface area contributed by atoms with Crippen molar-refractivity contribution in [3.8, 4) is 5.75 Å². The summed E-state index contributed by atoms with van der Waals surface area (Å²) in [4.78, 5) is 0. The maximum atomic E-state index is 5.69. The van der Waals surface area contributed by atoms with E-state index in [1.54, 1.807) is 0 Å². The Bertz CT molecular complexity index is 283. The normalized spacial score (nSPS) is 16.8. The van der Waals surface area contributed by atoms with Gasteiger partial charge in [0.05, 0.1) is 13.2 Å². The van der Waals surface area contributed by atoms with Crippen molar-refractivity contribution in [1.82, 2.24) is 0 Å². The Morgan fingerprint density at radius 3 is 2.23 bits per heavy atom. The van der Waals surface area contributed by atoms with Crippen LogP contribution in [0.5, 0.6) is 5.75 Å². The Morgan fingerprint density at radius 2 is 1.77 bits per heavy atom. The first-order chi connectivity index (χ1) is 6.24. The van der Waals surface area contributed by atoms with Crippen LogP contribution in [0, 0.1) is 13.8 Å². The Balaban J connectivity index is 2.10. The predicted octanol–water partition coefficient (Wildman–Crippen LogP) is 2.08. The molecule has 0 aromatic heterocycles. The number of benzene rings is 1. The van der Waals surface area contributed by atoms with E-state index in [0.717, 1.165) is 19.0 Å². The molecular formula is C11H14O2. The number of aryl methyl sites for hydroxylation is 2. The van der Waals surface area contributed by atoms with E-state index < -0.39 is 0 Å². The molecule has 0 aliphatic carbocycles. The van der Waals surface area contributed by atoms with Crippen molar-refractivity contribution >= 4 is 0 Å². The number of hydrogen-bond donors (Lipinski definition) is 0. The van der Waals surface area contributed by atoms with E-state index in [-0.39, 0.29) is 6.10 Å². The minimum Gasteiger partial charge on any atom is -0.486 e. The topological polar surface area (TPSA) is 18.5 Å². The summed E-state index contributed by atoms with van der Waals surface area (Å²) >= 11 is 0. The summed E-state index contributed by atoms with van der Waals surface area (Å²) in [6, 6.07) is 6.26. The van der Waals surface area contributed by atoms with Gasteiger partial charge in [-0.2, -0.15) is 0 Å². The van der Waals surface area contributed by atoms with E-state index in [0.29, 0.717) is 0 Å². The van der Waals surface area contributed by atoms with Gasteiger partial charge < -0.3 is 9.47 Å². The third kappa shape index (κ3) is 2.01. The highest BCUT2D eigenvalue weighted by molar-refractivity contribution is 5.33. The Labute approximate surface area is 78.5 Å². The maximum absolute atomic E-state index is 5.69. The van der Waals surface area contributed by atoms with Crippen molar-refractivity contribution in [1.29, 1.82) is 0 Å². The molecule has 2 nitrogen and oxygen atoms in total. The molecule has 1 heterocycles. The monoisotopic (exact) mass is 178 g/mol. The van der Waals surface area contributed by atoms with Crippen LogP contribution in [-0.4, -0.2) is 19.3 Å². The zero-order valence-electron chi connectivity index (χ0n) is 8.04. The molecule has 13 heavy (non-hydrogen) atoms. The third-order valence-electron chi connectivity index (χ3n) is 2.11. The van der Waals surface area contributed by atoms with Gasteiger partial charge in [-0.3, -0.25) is 0 Å². The van der Waals surface area contributed by atoms with Crippen LogP contribution >= 0.6 is 0 Å². The lowest BCUT2D eigenvalue weighted by Gasteiger charge is -2.26. The van der Waals surface area contributed by atoms with Gasteiger partial charge in [0.15, 0.2) is 0 Å². The van der Waals surface area contributed by atoms with Crippen molar-refractivity contribution in [3.63, 3.8) is 0 Å². The van der Waals surface area contributed by atoms with Crippen molar-refractivity contribution in [2.75, 3.05) is 13.2 Å². The molecule has 2 rings (SSSR count). The highest BCUT2D eigenvalue weighted by Crippen LogP contribution is 2.19. The largest absolute Gasteiger partial charge is 0.486 e. The molecule has 0 amide bonds. The molecule has 1 aromatic rings. The predicted molar refractivity (Wildman–Crippen MR) is 51.2 cm³/mol. The van der Waals surface area contributed by atoms with Crippen LogP contribution in [0.2, 0.25) is 0 Å². The first kappa shape index (κ1) is 8.57. The summed E-state index contributed by atoms with van der Waals surface area (Å²) in [7, 11) is 0. The number of rotatable bonds is 2. The van der Waals surface area contributed by atoms with Crippen molar-refractivity contribution < 1.29 is 9.47 Å². The van der Waals surface area contributed by atoms with Gasteiger partial charge in [-0.05, 0) is 37.1 Å². The highest BCUT2D eigenvalue weighted by Gasteiger charge is 2.19. The SMILES string of the molecule is Cc1cc(C)cc(OC2COC2)c1. The molecule has 0 unspecified atom stereocenters. The Morgan fingerprint density at radius 1 is 1.15 bits per heavy atom. The zero-order chi connectivity index (χ0) is 9.26. The van der Waals surface area contributed by atoms with Crippen LogP contribution < -0.4 is 4.74 Å². The smallest absolute Gasteiger partial charge is 0.145 e. The fourth-order valence-corrected chi connectivity index (χ4v) is 1.48. The van der Waals surface area contributed by atoms with Gasteiger partial charge in [-0.15, -0.1) is 0 Å². The molecule has 1 aliphatic heterocycles. The summed E-state index contributed by atoms with van der Waals surface area (Å²) < 4.78 is 10.7. The van der Waals surface area contributed by atoms with Crippen LogP contribution in [0.1, 0.15) is 11.1 Å². The highest BCUT2D eigenvalue weighted by atomic mass is 16.6. The molecule has 0 bridgehead atoms. The lowest BCUT2D eigenvalue weighted by atomic mass is 10.1. The second-order valence-electron chi connectivity index (χ2n) is 3.60. The summed E-state index contributed by atoms with van der Waals surface area (Å²) in [5.74, 6) is 0.964. The maximum Gasteiger partial charge on any atom is 0.145 e. The minimum atomic E-state index is 0.265. The molecule has 0 N–H and O–H groups in total. The average molecular weight is 178 g/mol. The first-order valence-corrected chi connectivity index (χ1v) is 4.57. The van der Waals surface area contributed by atoms with E-state index in [4.69, 9.17) is 9.47 Å². The van der Waals surface area contributed by atoms with Crippen molar-refractivity contribution in [2.45, 2.75) is 20.0 Å². The van der Waals surface area contributed by atoms with Gasteiger partial charge in [-0.1, -0.05) is 6.07 Å². The van der Waals surface area contributed by atoms with Gasteiger partial charge in [0.2, 0.25) is 0 Å². The minimum absolute atomic E-state index is 0.265. The standard InChI is InChI=1S/C11H14O2/c1-8-3-9(2)5-10(4-8)13-11-6-12-7-11/h3-5,11H,6-7H2,1-2H3. The molecule has 0 atom stereocenters. The van der Waals surface area contributed by atoms with Gasteiger partial charge in [-0.25, -0.2) is 0 Å². The third-order valence-corrected chi connectivity index (χ3v) is 2.11. The Hall–Kier alpha value is -1.02. The molecule has 0 spiro atoms. The van der Waals surface area contributed by atoms with E-state index in [9.17, 15) is 0 Å². The summed E-state index contributed by atoms with van der Waals surface area (Å²) in [5.41, 5.74) is 2.49. The molecule has 1 fully saturated rings. The molecule has 0 radical (unpaired) electrons. The van der Waals surface area contributed by atoms with Crippen molar-refractivity contribution in [2.24, 2.45) is 0 Å². The van der Waals surface area contributed by atoms with Crippen LogP contribution in [0.25, 0.3) is 0 Å². The molecule has 2 heteroatoms. The van der Waals surface area contributed by atoms with Crippen LogP contribution in [0.4, 0.5) is 0 Å². The quantitative estimate of drug-likeness (QED) is 0.690. The second-order valence-corrected chi connectivity index (χ2v) is 3.60. The van der Waals surface area contributed by atoms with E-state index in [1.807, 2.05) is 0 Å². The molecule has 0 saturated carbocycles. The molecule has 70 valence electrons. The van der Waals surface area contributed by atoms with Crippen molar-refractivity contribution in [3.05, 3.63) is 29.3 Å². The van der Waals surface area contributed by atoms with Gasteiger partial charge in [0.1, 0.15) is 11.9 Å². The molecule has 1 saturated heterocycles. The number of hydrogen-bond acceptors (Lipinski definition) is 2.